The number of carbonyl (C=O) groups is 3. The highest BCUT2D eigenvalue weighted by Gasteiger charge is 2.36. The fourth-order valence-electron chi connectivity index (χ4n) is 2.71. The summed E-state index contributed by atoms with van der Waals surface area (Å²) in [7, 11) is 1.34. The second-order valence-corrected chi connectivity index (χ2v) is 7.59. The molecule has 2 aromatic carbocycles. The minimum atomic E-state index is -0.566. The second-order valence-electron chi connectivity index (χ2n) is 6.01. The molecule has 0 atom stereocenters. The number of rotatable bonds is 6. The number of hydrogen-bond acceptors (Lipinski definition) is 6. The molecule has 0 unspecified atom stereocenters. The molecule has 0 bridgehead atoms. The molecule has 0 radical (unpaired) electrons. The Balaban J connectivity index is 1.77. The second kappa shape index (κ2) is 8.72. The predicted molar refractivity (Wildman–Crippen MR) is 117 cm³/mol. The average molecular weight is 536 g/mol. The third-order valence-electron chi connectivity index (χ3n) is 4.21. The van der Waals surface area contributed by atoms with Crippen molar-refractivity contribution in [2.45, 2.75) is 0 Å². The van der Waals surface area contributed by atoms with E-state index < -0.39 is 16.7 Å². The lowest BCUT2D eigenvalue weighted by atomic mass is 10.1. The van der Waals surface area contributed by atoms with Gasteiger partial charge in [0, 0.05) is 11.6 Å². The standard InChI is InChI=1S/C20H12Br2N2O6/c1-30-16-9-3-11(10-14(16)24(28)29)2-8-15(25)12-4-6-13(7-5-12)23-19(26)17(21)18(22)20(23)27/h2-10H,1H3/b8-2+. The number of anilines is 1. The smallest absolute Gasteiger partial charge is 0.311 e. The molecule has 0 aliphatic carbocycles. The van der Waals surface area contributed by atoms with Crippen LogP contribution in [0.4, 0.5) is 11.4 Å². The first-order valence-electron chi connectivity index (χ1n) is 8.33. The fourth-order valence-corrected chi connectivity index (χ4v) is 3.40. The molecular formula is C20H12Br2N2O6. The topological polar surface area (TPSA) is 107 Å². The summed E-state index contributed by atoms with van der Waals surface area (Å²) in [6, 6.07) is 10.3. The van der Waals surface area contributed by atoms with E-state index in [1.165, 1.54) is 55.7 Å². The van der Waals surface area contributed by atoms with E-state index in [2.05, 4.69) is 31.9 Å². The number of nitrogens with zero attached hydrogens (tertiary/aromatic N) is 2. The van der Waals surface area contributed by atoms with Gasteiger partial charge in [0.05, 0.1) is 17.7 Å². The minimum absolute atomic E-state index is 0.123. The molecule has 0 fully saturated rings. The number of halogens is 2. The van der Waals surface area contributed by atoms with Crippen molar-refractivity contribution in [1.29, 1.82) is 0 Å². The Kier molecular flexibility index (Phi) is 6.28. The maximum atomic E-state index is 12.4. The van der Waals surface area contributed by atoms with Crippen molar-refractivity contribution in [2.75, 3.05) is 12.0 Å². The number of nitro groups is 1. The van der Waals surface area contributed by atoms with Crippen LogP contribution in [-0.2, 0) is 9.59 Å². The van der Waals surface area contributed by atoms with Crippen LogP contribution in [0.3, 0.4) is 0 Å². The molecule has 1 aliphatic heterocycles. The van der Waals surface area contributed by atoms with Crippen LogP contribution in [0.5, 0.6) is 5.75 Å². The first-order valence-corrected chi connectivity index (χ1v) is 9.92. The number of carbonyl (C=O) groups excluding carboxylic acids is 3. The van der Waals surface area contributed by atoms with E-state index in [1.54, 1.807) is 6.07 Å². The maximum absolute atomic E-state index is 12.4. The Morgan fingerprint density at radius 1 is 1.07 bits per heavy atom. The molecular weight excluding hydrogens is 524 g/mol. The summed E-state index contributed by atoms with van der Waals surface area (Å²) in [5.41, 5.74) is 0.898. The van der Waals surface area contributed by atoms with E-state index >= 15 is 0 Å². The monoisotopic (exact) mass is 534 g/mol. The Morgan fingerprint density at radius 2 is 1.67 bits per heavy atom. The number of methoxy groups -OCH3 is 1. The highest BCUT2D eigenvalue weighted by atomic mass is 79.9. The van der Waals surface area contributed by atoms with Gasteiger partial charge in [0.15, 0.2) is 11.5 Å². The molecule has 30 heavy (non-hydrogen) atoms. The summed E-state index contributed by atoms with van der Waals surface area (Å²) in [4.78, 5) is 48.2. The van der Waals surface area contributed by atoms with Gasteiger partial charge < -0.3 is 4.74 Å². The maximum Gasteiger partial charge on any atom is 0.311 e. The molecule has 3 rings (SSSR count). The number of hydrogen-bond donors (Lipinski definition) is 0. The van der Waals surface area contributed by atoms with Crippen molar-refractivity contribution in [3.05, 3.63) is 78.7 Å². The van der Waals surface area contributed by atoms with E-state index in [0.717, 1.165) is 4.90 Å². The van der Waals surface area contributed by atoms with Gasteiger partial charge in [-0.2, -0.15) is 0 Å². The zero-order chi connectivity index (χ0) is 22.0. The van der Waals surface area contributed by atoms with Gasteiger partial charge in [-0.3, -0.25) is 24.5 Å². The van der Waals surface area contributed by atoms with Gasteiger partial charge >= 0.3 is 5.69 Å². The lowest BCUT2D eigenvalue weighted by molar-refractivity contribution is -0.385. The van der Waals surface area contributed by atoms with Gasteiger partial charge in [0.25, 0.3) is 11.8 Å². The molecule has 0 spiro atoms. The van der Waals surface area contributed by atoms with Crippen LogP contribution >= 0.6 is 31.9 Å². The summed E-state index contributed by atoms with van der Waals surface area (Å²) in [6.45, 7) is 0. The van der Waals surface area contributed by atoms with Crippen LogP contribution in [0.25, 0.3) is 6.08 Å². The quantitative estimate of drug-likeness (QED) is 0.179. The van der Waals surface area contributed by atoms with E-state index in [0.29, 0.717) is 16.8 Å². The summed E-state index contributed by atoms with van der Waals surface area (Å²) in [5.74, 6) is -1.24. The minimum Gasteiger partial charge on any atom is -0.490 e. The van der Waals surface area contributed by atoms with Crippen molar-refractivity contribution in [3.8, 4) is 5.75 Å². The van der Waals surface area contributed by atoms with Gasteiger partial charge in [-0.25, -0.2) is 4.90 Å². The highest BCUT2D eigenvalue weighted by Crippen LogP contribution is 2.33. The van der Waals surface area contributed by atoms with Crippen molar-refractivity contribution < 1.29 is 24.0 Å². The summed E-state index contributed by atoms with van der Waals surface area (Å²) >= 11 is 6.12. The van der Waals surface area contributed by atoms with Crippen molar-refractivity contribution >= 4 is 66.9 Å². The lowest BCUT2D eigenvalue weighted by Gasteiger charge is -2.14. The molecule has 0 saturated carbocycles. The third kappa shape index (κ3) is 4.10. The number of benzene rings is 2. The average Bonchev–Trinajstić information content (AvgIpc) is 2.94. The lowest BCUT2D eigenvalue weighted by Crippen LogP contribution is -2.30. The SMILES string of the molecule is COc1ccc(/C=C/C(=O)c2ccc(N3C(=O)C(Br)=C(Br)C3=O)cc2)cc1[N+](=O)[O-]. The third-order valence-corrected chi connectivity index (χ3v) is 6.21. The van der Waals surface area contributed by atoms with Crippen LogP contribution in [-0.4, -0.2) is 29.6 Å². The van der Waals surface area contributed by atoms with Crippen LogP contribution in [0, 0.1) is 10.1 Å². The Bertz CT molecular complexity index is 1110. The van der Waals surface area contributed by atoms with Gasteiger partial charge in [-0.15, -0.1) is 0 Å². The number of allylic oxidation sites excluding steroid dienone is 1. The largest absolute Gasteiger partial charge is 0.490 e. The van der Waals surface area contributed by atoms with E-state index in [1.807, 2.05) is 0 Å². The zero-order valence-electron chi connectivity index (χ0n) is 15.3. The molecule has 152 valence electrons. The molecule has 2 aromatic rings. The first-order chi connectivity index (χ1) is 14.2. The fraction of sp³-hybridized carbons (Fsp3) is 0.0500. The molecule has 2 amide bonds. The van der Waals surface area contributed by atoms with Gasteiger partial charge in [0.1, 0.15) is 8.96 Å². The van der Waals surface area contributed by atoms with Crippen molar-refractivity contribution in [1.82, 2.24) is 0 Å². The van der Waals surface area contributed by atoms with Crippen LogP contribution < -0.4 is 9.64 Å². The van der Waals surface area contributed by atoms with Crippen molar-refractivity contribution in [3.63, 3.8) is 0 Å². The summed E-state index contributed by atoms with van der Waals surface area (Å²) < 4.78 is 5.20. The van der Waals surface area contributed by atoms with Crippen LogP contribution in [0.2, 0.25) is 0 Å². The van der Waals surface area contributed by atoms with E-state index in [9.17, 15) is 24.5 Å². The van der Waals surface area contributed by atoms with Crippen LogP contribution in [0.1, 0.15) is 15.9 Å². The number of nitro benzene ring substituents is 1. The molecule has 10 heteroatoms. The number of imide groups is 1. The molecule has 0 aromatic heterocycles. The van der Waals surface area contributed by atoms with Crippen LogP contribution in [0.15, 0.2) is 57.5 Å². The van der Waals surface area contributed by atoms with Crippen molar-refractivity contribution in [2.24, 2.45) is 0 Å². The molecule has 8 nitrogen and oxygen atoms in total. The summed E-state index contributed by atoms with van der Waals surface area (Å²) in [5, 5.41) is 11.1. The number of ether oxygens (including phenoxy) is 1. The first kappa shape index (κ1) is 21.6. The molecule has 0 N–H and O–H groups in total. The Hall–Kier alpha value is -3.11. The molecule has 1 aliphatic rings. The van der Waals surface area contributed by atoms with Gasteiger partial charge in [-0.05, 0) is 73.8 Å². The molecule has 1 heterocycles. The number of ketones is 1. The Labute approximate surface area is 187 Å². The zero-order valence-corrected chi connectivity index (χ0v) is 18.5. The normalized spacial score (nSPS) is 14.0. The predicted octanol–water partition coefficient (Wildman–Crippen LogP) is 4.37. The van der Waals surface area contributed by atoms with E-state index in [-0.39, 0.29) is 26.2 Å². The van der Waals surface area contributed by atoms with E-state index in [4.69, 9.17) is 4.74 Å². The summed E-state index contributed by atoms with van der Waals surface area (Å²) in [6.07, 6.45) is 2.73. The highest BCUT2D eigenvalue weighted by molar-refractivity contribution is 9.14. The number of amides is 2. The van der Waals surface area contributed by atoms with Gasteiger partial charge in [-0.1, -0.05) is 12.1 Å². The molecule has 0 saturated heterocycles. The Morgan fingerprint density at radius 3 is 2.20 bits per heavy atom. The van der Waals surface area contributed by atoms with Gasteiger partial charge in [0.2, 0.25) is 0 Å².